The third-order valence-electron chi connectivity index (χ3n) is 4.46. The van der Waals surface area contributed by atoms with Crippen LogP contribution >= 0.6 is 0 Å². The zero-order chi connectivity index (χ0) is 23.2. The number of nitrogens with one attached hydrogen (secondary N) is 1. The van der Waals surface area contributed by atoms with Crippen molar-refractivity contribution < 1.29 is 48.4 Å². The van der Waals surface area contributed by atoms with Gasteiger partial charge in [0.25, 0.3) is 5.88 Å². The summed E-state index contributed by atoms with van der Waals surface area (Å²) in [5.74, 6) is -0.931. The monoisotopic (exact) mass is 475 g/mol. The number of hydrogen-bond donors (Lipinski definition) is 1. The average Bonchev–Trinajstić information content (AvgIpc) is 3.06. The van der Waals surface area contributed by atoms with Crippen LogP contribution in [-0.2, 0) is 10.1 Å². The molecule has 0 saturated carbocycles. The number of benzene rings is 1. The first-order valence-electron chi connectivity index (χ1n) is 8.42. The molecule has 0 bridgehead atoms. The number of nitrogens with zero attached hydrogens (tertiary/aromatic N) is 2. The third-order valence-corrected chi connectivity index (χ3v) is 5.41. The standard InChI is InChI=1S/C16H15F6N3O5S/c1-28-10-4-3-8(5-11(10)29-2)9-6-12(15(17,18)19)25-13(23-9)7-14(24-25)30-31(26,27)16(20,21)22/h3-5,7,9,12,23H,6H2,1-2H3. The summed E-state index contributed by atoms with van der Waals surface area (Å²) in [4.78, 5) is 0. The molecular weight excluding hydrogens is 460 g/mol. The van der Waals surface area contributed by atoms with Crippen LogP contribution in [0.4, 0.5) is 32.2 Å². The van der Waals surface area contributed by atoms with E-state index in [0.717, 1.165) is 0 Å². The highest BCUT2D eigenvalue weighted by molar-refractivity contribution is 7.87. The van der Waals surface area contributed by atoms with Gasteiger partial charge in [0, 0.05) is 12.5 Å². The Morgan fingerprint density at radius 1 is 1.06 bits per heavy atom. The maximum Gasteiger partial charge on any atom is 0.534 e. The second-order valence-electron chi connectivity index (χ2n) is 6.40. The summed E-state index contributed by atoms with van der Waals surface area (Å²) in [6, 6.07) is 1.85. The van der Waals surface area contributed by atoms with Crippen LogP contribution in [-0.4, -0.2) is 44.1 Å². The Balaban J connectivity index is 1.99. The van der Waals surface area contributed by atoms with Crippen molar-refractivity contribution in [3.05, 3.63) is 29.8 Å². The molecule has 0 radical (unpaired) electrons. The number of aromatic nitrogens is 2. The maximum atomic E-state index is 13.6. The van der Waals surface area contributed by atoms with Crippen molar-refractivity contribution in [1.29, 1.82) is 0 Å². The molecule has 172 valence electrons. The first kappa shape index (κ1) is 22.8. The van der Waals surface area contributed by atoms with E-state index >= 15 is 0 Å². The van der Waals surface area contributed by atoms with E-state index in [2.05, 4.69) is 14.6 Å². The Bertz CT molecular complexity index is 1070. The molecule has 0 spiro atoms. The van der Waals surface area contributed by atoms with Gasteiger partial charge in [0.1, 0.15) is 5.82 Å². The Labute approximate surface area is 171 Å². The van der Waals surface area contributed by atoms with E-state index in [1.54, 1.807) is 0 Å². The van der Waals surface area contributed by atoms with E-state index in [9.17, 15) is 34.8 Å². The third kappa shape index (κ3) is 4.45. The first-order chi connectivity index (χ1) is 14.3. The number of alkyl halides is 6. The van der Waals surface area contributed by atoms with Gasteiger partial charge in [0.2, 0.25) is 0 Å². The molecule has 1 N–H and O–H groups in total. The first-order valence-corrected chi connectivity index (χ1v) is 9.83. The molecule has 2 aromatic rings. The van der Waals surface area contributed by atoms with Crippen molar-refractivity contribution >= 4 is 15.9 Å². The van der Waals surface area contributed by atoms with Gasteiger partial charge in [-0.3, -0.25) is 0 Å². The molecule has 3 rings (SSSR count). The van der Waals surface area contributed by atoms with Gasteiger partial charge in [-0.1, -0.05) is 6.07 Å². The van der Waals surface area contributed by atoms with E-state index in [-0.39, 0.29) is 11.6 Å². The van der Waals surface area contributed by atoms with E-state index in [1.807, 2.05) is 0 Å². The number of hydrogen-bond acceptors (Lipinski definition) is 7. The smallest absolute Gasteiger partial charge is 0.493 e. The van der Waals surface area contributed by atoms with Crippen LogP contribution in [0.5, 0.6) is 17.4 Å². The second-order valence-corrected chi connectivity index (χ2v) is 7.94. The molecule has 0 aliphatic carbocycles. The number of methoxy groups -OCH3 is 2. The summed E-state index contributed by atoms with van der Waals surface area (Å²) in [6.45, 7) is 0. The minimum Gasteiger partial charge on any atom is -0.493 e. The minimum absolute atomic E-state index is 0.254. The lowest BCUT2D eigenvalue weighted by molar-refractivity contribution is -0.173. The molecular formula is C16H15F6N3O5S. The summed E-state index contributed by atoms with van der Waals surface area (Å²) in [7, 11) is -3.38. The van der Waals surface area contributed by atoms with Crippen molar-refractivity contribution in [2.75, 3.05) is 19.5 Å². The summed E-state index contributed by atoms with van der Waals surface area (Å²) in [6.07, 6.45) is -5.42. The Kier molecular flexibility index (Phi) is 5.67. The van der Waals surface area contributed by atoms with E-state index in [4.69, 9.17) is 9.47 Å². The lowest BCUT2D eigenvalue weighted by atomic mass is 9.96. The van der Waals surface area contributed by atoms with Crippen molar-refractivity contribution in [1.82, 2.24) is 9.78 Å². The van der Waals surface area contributed by atoms with Crippen molar-refractivity contribution in [2.45, 2.75) is 30.2 Å². The number of anilines is 1. The number of ether oxygens (including phenoxy) is 2. The van der Waals surface area contributed by atoms with Crippen molar-refractivity contribution in [3.63, 3.8) is 0 Å². The highest BCUT2D eigenvalue weighted by Crippen LogP contribution is 2.45. The molecule has 1 aromatic carbocycles. The Morgan fingerprint density at radius 3 is 2.26 bits per heavy atom. The molecule has 2 heterocycles. The summed E-state index contributed by atoms with van der Waals surface area (Å²) >= 11 is 0. The maximum absolute atomic E-state index is 13.6. The second kappa shape index (κ2) is 7.69. The van der Waals surface area contributed by atoms with Gasteiger partial charge in [-0.15, -0.1) is 5.10 Å². The fraction of sp³-hybridized carbons (Fsp3) is 0.438. The van der Waals surface area contributed by atoms with Crippen LogP contribution in [0.15, 0.2) is 24.3 Å². The zero-order valence-electron chi connectivity index (χ0n) is 15.8. The highest BCUT2D eigenvalue weighted by Gasteiger charge is 2.50. The van der Waals surface area contributed by atoms with Gasteiger partial charge in [0.15, 0.2) is 17.5 Å². The molecule has 1 aliphatic rings. The number of halogens is 6. The van der Waals surface area contributed by atoms with Gasteiger partial charge in [-0.25, -0.2) is 4.68 Å². The number of rotatable bonds is 5. The predicted molar refractivity (Wildman–Crippen MR) is 93.4 cm³/mol. The van der Waals surface area contributed by atoms with Crippen LogP contribution in [0.1, 0.15) is 24.1 Å². The molecule has 2 unspecified atom stereocenters. The van der Waals surface area contributed by atoms with Gasteiger partial charge < -0.3 is 19.0 Å². The average molecular weight is 475 g/mol. The quantitative estimate of drug-likeness (QED) is 0.400. The van der Waals surface area contributed by atoms with Gasteiger partial charge in [-0.05, 0) is 17.7 Å². The van der Waals surface area contributed by atoms with E-state index in [1.165, 1.54) is 32.4 Å². The molecule has 2 atom stereocenters. The lowest BCUT2D eigenvalue weighted by Crippen LogP contribution is -2.35. The largest absolute Gasteiger partial charge is 0.534 e. The van der Waals surface area contributed by atoms with Gasteiger partial charge >= 0.3 is 21.8 Å². The predicted octanol–water partition coefficient (Wildman–Crippen LogP) is 3.79. The van der Waals surface area contributed by atoms with E-state index in [0.29, 0.717) is 22.1 Å². The molecule has 0 saturated heterocycles. The Hall–Kier alpha value is -2.84. The molecule has 1 aliphatic heterocycles. The van der Waals surface area contributed by atoms with Gasteiger partial charge in [-0.2, -0.15) is 34.8 Å². The molecule has 0 fully saturated rings. The van der Waals surface area contributed by atoms with Crippen LogP contribution in [0.25, 0.3) is 0 Å². The lowest BCUT2D eigenvalue weighted by Gasteiger charge is -2.33. The minimum atomic E-state index is -6.10. The SMILES string of the molecule is COc1ccc(C2CC(C(F)(F)F)n3nc(OS(=O)(=O)C(F)(F)F)cc3N2)cc1OC. The summed E-state index contributed by atoms with van der Waals surface area (Å²) < 4.78 is 115. The topological polar surface area (TPSA) is 91.7 Å². The van der Waals surface area contributed by atoms with Crippen molar-refractivity contribution in [3.8, 4) is 17.4 Å². The van der Waals surface area contributed by atoms with Crippen LogP contribution in [0.3, 0.4) is 0 Å². The molecule has 1 aromatic heterocycles. The van der Waals surface area contributed by atoms with Crippen LogP contribution < -0.4 is 19.0 Å². The Morgan fingerprint density at radius 2 is 1.71 bits per heavy atom. The van der Waals surface area contributed by atoms with Crippen LogP contribution in [0, 0.1) is 0 Å². The van der Waals surface area contributed by atoms with Crippen LogP contribution in [0.2, 0.25) is 0 Å². The van der Waals surface area contributed by atoms with Crippen molar-refractivity contribution in [2.24, 2.45) is 0 Å². The summed E-state index contributed by atoms with van der Waals surface area (Å²) in [5.41, 5.74) is -5.40. The fourth-order valence-corrected chi connectivity index (χ4v) is 3.44. The van der Waals surface area contributed by atoms with E-state index < -0.39 is 46.2 Å². The molecule has 15 heteroatoms. The normalized spacial score (nSPS) is 19.4. The fourth-order valence-electron chi connectivity index (χ4n) is 3.04. The molecule has 31 heavy (non-hydrogen) atoms. The molecule has 0 amide bonds. The summed E-state index contributed by atoms with van der Waals surface area (Å²) in [5, 5.41) is 5.97. The highest BCUT2D eigenvalue weighted by atomic mass is 32.2. The van der Waals surface area contributed by atoms with Gasteiger partial charge in [0.05, 0.1) is 20.3 Å². The number of fused-ring (bicyclic) bond motifs is 1. The zero-order valence-corrected chi connectivity index (χ0v) is 16.6. The molecule has 8 nitrogen and oxygen atoms in total.